The van der Waals surface area contributed by atoms with Gasteiger partial charge in [0, 0.05) is 16.6 Å². The third-order valence-corrected chi connectivity index (χ3v) is 4.92. The maximum atomic E-state index is 13.2. The van der Waals surface area contributed by atoms with Gasteiger partial charge >= 0.3 is 0 Å². The third-order valence-electron chi connectivity index (χ3n) is 3.24. The molecular formula is C16H12BrFN2OS. The number of benzene rings is 2. The van der Waals surface area contributed by atoms with E-state index < -0.39 is 11.7 Å². The van der Waals surface area contributed by atoms with E-state index in [-0.39, 0.29) is 5.56 Å². The molecule has 3 aromatic rings. The number of aryl methyl sites for hydroxylation is 1. The molecular weight excluding hydrogens is 367 g/mol. The van der Waals surface area contributed by atoms with Crippen molar-refractivity contribution in [1.29, 1.82) is 0 Å². The lowest BCUT2D eigenvalue weighted by Gasteiger charge is -2.02. The number of thiazole rings is 1. The van der Waals surface area contributed by atoms with Crippen LogP contribution in [0.5, 0.6) is 0 Å². The van der Waals surface area contributed by atoms with Gasteiger partial charge in [-0.15, -0.1) is 0 Å². The average Bonchev–Trinajstić information content (AvgIpc) is 2.85. The molecule has 6 heteroatoms. The summed E-state index contributed by atoms with van der Waals surface area (Å²) < 4.78 is 17.2. The summed E-state index contributed by atoms with van der Waals surface area (Å²) in [5.41, 5.74) is 1.26. The number of carbonyl (C=O) groups excluding carboxylic acids is 1. The molecule has 22 heavy (non-hydrogen) atoms. The van der Waals surface area contributed by atoms with Crippen LogP contribution in [0.2, 0.25) is 0 Å². The van der Waals surface area contributed by atoms with Gasteiger partial charge in [-0.2, -0.15) is 4.99 Å². The number of rotatable bonds is 2. The standard InChI is InChI=1S/C16H12BrFN2OS/c1-2-20-14-12(17)7-4-8-13(14)22-16(20)19-15(21)10-5-3-6-11(18)9-10/h3-9H,2H2,1H3. The molecule has 0 unspecified atom stereocenters. The number of halogens is 2. The molecule has 0 aliphatic rings. The number of nitrogens with zero attached hydrogens (tertiary/aromatic N) is 2. The van der Waals surface area contributed by atoms with E-state index in [9.17, 15) is 9.18 Å². The lowest BCUT2D eigenvalue weighted by atomic mass is 10.2. The smallest absolute Gasteiger partial charge is 0.279 e. The molecule has 0 aliphatic carbocycles. The normalized spacial score (nSPS) is 12.0. The fourth-order valence-electron chi connectivity index (χ4n) is 2.24. The monoisotopic (exact) mass is 378 g/mol. The second-order valence-electron chi connectivity index (χ2n) is 4.64. The van der Waals surface area contributed by atoms with E-state index in [0.717, 1.165) is 14.7 Å². The van der Waals surface area contributed by atoms with Crippen LogP contribution in [-0.2, 0) is 6.54 Å². The quantitative estimate of drug-likeness (QED) is 0.651. The summed E-state index contributed by atoms with van der Waals surface area (Å²) in [5.74, 6) is -0.882. The molecule has 0 saturated carbocycles. The molecule has 0 saturated heterocycles. The van der Waals surface area contributed by atoms with Crippen molar-refractivity contribution in [3.63, 3.8) is 0 Å². The van der Waals surface area contributed by atoms with E-state index in [2.05, 4.69) is 20.9 Å². The van der Waals surface area contributed by atoms with Gasteiger partial charge in [0.05, 0.1) is 10.2 Å². The Morgan fingerprint density at radius 1 is 1.32 bits per heavy atom. The summed E-state index contributed by atoms with van der Waals surface area (Å²) in [5, 5.41) is 0. The molecule has 1 heterocycles. The zero-order chi connectivity index (χ0) is 15.7. The molecule has 1 amide bonds. The van der Waals surface area contributed by atoms with Crippen LogP contribution in [0.1, 0.15) is 17.3 Å². The first-order valence-electron chi connectivity index (χ1n) is 6.72. The Hall–Kier alpha value is -1.79. The number of fused-ring (bicyclic) bond motifs is 1. The van der Waals surface area contributed by atoms with Gasteiger partial charge in [0.2, 0.25) is 0 Å². The molecule has 0 N–H and O–H groups in total. The van der Waals surface area contributed by atoms with E-state index in [4.69, 9.17) is 0 Å². The van der Waals surface area contributed by atoms with Crippen molar-refractivity contribution in [1.82, 2.24) is 4.57 Å². The van der Waals surface area contributed by atoms with Crippen LogP contribution in [0.4, 0.5) is 4.39 Å². The summed E-state index contributed by atoms with van der Waals surface area (Å²) >= 11 is 4.97. The summed E-state index contributed by atoms with van der Waals surface area (Å²) in [4.78, 5) is 17.0. The third kappa shape index (κ3) is 2.76. The predicted molar refractivity (Wildman–Crippen MR) is 89.5 cm³/mol. The highest BCUT2D eigenvalue weighted by Crippen LogP contribution is 2.25. The van der Waals surface area contributed by atoms with Gasteiger partial charge in [0.25, 0.3) is 5.91 Å². The van der Waals surface area contributed by atoms with E-state index in [1.165, 1.54) is 29.5 Å². The lowest BCUT2D eigenvalue weighted by molar-refractivity contribution is 0.0997. The first-order chi connectivity index (χ1) is 10.6. The van der Waals surface area contributed by atoms with Crippen molar-refractivity contribution >= 4 is 43.4 Å². The lowest BCUT2D eigenvalue weighted by Crippen LogP contribution is -2.16. The van der Waals surface area contributed by atoms with Crippen LogP contribution >= 0.6 is 27.3 Å². The van der Waals surface area contributed by atoms with Gasteiger partial charge in [-0.25, -0.2) is 4.39 Å². The molecule has 0 spiro atoms. The molecule has 3 nitrogen and oxygen atoms in total. The summed E-state index contributed by atoms with van der Waals surface area (Å²) in [7, 11) is 0. The Kier molecular flexibility index (Phi) is 4.22. The van der Waals surface area contributed by atoms with Crippen LogP contribution in [-0.4, -0.2) is 10.5 Å². The average molecular weight is 379 g/mol. The number of carbonyl (C=O) groups is 1. The summed E-state index contributed by atoms with van der Waals surface area (Å²) in [6.45, 7) is 2.69. The summed E-state index contributed by atoms with van der Waals surface area (Å²) in [6, 6.07) is 11.5. The Balaban J connectivity index is 2.17. The molecule has 0 fully saturated rings. The fraction of sp³-hybridized carbons (Fsp3) is 0.125. The van der Waals surface area contributed by atoms with E-state index in [1.54, 1.807) is 6.07 Å². The minimum Gasteiger partial charge on any atom is -0.316 e. The number of hydrogen-bond donors (Lipinski definition) is 0. The Morgan fingerprint density at radius 3 is 2.82 bits per heavy atom. The molecule has 1 aromatic heterocycles. The van der Waals surface area contributed by atoms with Crippen molar-refractivity contribution < 1.29 is 9.18 Å². The van der Waals surface area contributed by atoms with Crippen LogP contribution in [0.25, 0.3) is 10.2 Å². The molecule has 112 valence electrons. The van der Waals surface area contributed by atoms with Crippen molar-refractivity contribution in [3.8, 4) is 0 Å². The van der Waals surface area contributed by atoms with Crippen LogP contribution in [0, 0.1) is 5.82 Å². The largest absolute Gasteiger partial charge is 0.316 e. The second kappa shape index (κ2) is 6.14. The minimum absolute atomic E-state index is 0.249. The van der Waals surface area contributed by atoms with Gasteiger partial charge in [0.15, 0.2) is 4.80 Å². The fourth-order valence-corrected chi connectivity index (χ4v) is 4.07. The van der Waals surface area contributed by atoms with Gasteiger partial charge in [-0.1, -0.05) is 23.5 Å². The van der Waals surface area contributed by atoms with E-state index in [0.29, 0.717) is 11.3 Å². The molecule has 0 bridgehead atoms. The number of amides is 1. The molecule has 0 aliphatic heterocycles. The topological polar surface area (TPSA) is 34.4 Å². The van der Waals surface area contributed by atoms with Crippen molar-refractivity contribution in [2.24, 2.45) is 4.99 Å². The highest BCUT2D eigenvalue weighted by Gasteiger charge is 2.10. The first-order valence-corrected chi connectivity index (χ1v) is 8.33. The van der Waals surface area contributed by atoms with E-state index in [1.807, 2.05) is 29.7 Å². The first kappa shape index (κ1) is 15.1. The minimum atomic E-state index is -0.441. The molecule has 2 aromatic carbocycles. The molecule has 3 rings (SSSR count). The van der Waals surface area contributed by atoms with E-state index >= 15 is 0 Å². The maximum absolute atomic E-state index is 13.2. The van der Waals surface area contributed by atoms with Gasteiger partial charge in [0.1, 0.15) is 5.82 Å². The Morgan fingerprint density at radius 2 is 2.09 bits per heavy atom. The SMILES string of the molecule is CCn1c(=NC(=O)c2cccc(F)c2)sc2cccc(Br)c21. The Bertz CT molecular complexity index is 929. The number of hydrogen-bond acceptors (Lipinski definition) is 2. The van der Waals surface area contributed by atoms with Crippen molar-refractivity contribution in [2.45, 2.75) is 13.5 Å². The van der Waals surface area contributed by atoms with Gasteiger partial charge in [-0.3, -0.25) is 4.79 Å². The van der Waals surface area contributed by atoms with Crippen LogP contribution < -0.4 is 4.80 Å². The van der Waals surface area contributed by atoms with Crippen molar-refractivity contribution in [3.05, 3.63) is 63.1 Å². The molecule has 0 radical (unpaired) electrons. The summed E-state index contributed by atoms with van der Waals surface area (Å²) in [6.07, 6.45) is 0. The zero-order valence-electron chi connectivity index (χ0n) is 11.7. The maximum Gasteiger partial charge on any atom is 0.279 e. The molecule has 0 atom stereocenters. The van der Waals surface area contributed by atoms with Crippen LogP contribution in [0.15, 0.2) is 51.9 Å². The number of aromatic nitrogens is 1. The highest BCUT2D eigenvalue weighted by atomic mass is 79.9. The Labute approximate surface area is 138 Å². The van der Waals surface area contributed by atoms with Gasteiger partial charge < -0.3 is 4.57 Å². The van der Waals surface area contributed by atoms with Gasteiger partial charge in [-0.05, 0) is 53.2 Å². The highest BCUT2D eigenvalue weighted by molar-refractivity contribution is 9.10. The predicted octanol–water partition coefficient (Wildman–Crippen LogP) is 4.37. The van der Waals surface area contributed by atoms with Crippen molar-refractivity contribution in [2.75, 3.05) is 0 Å². The second-order valence-corrected chi connectivity index (χ2v) is 6.51. The number of para-hydroxylation sites is 1. The van der Waals surface area contributed by atoms with Crippen LogP contribution in [0.3, 0.4) is 0 Å². The zero-order valence-corrected chi connectivity index (χ0v) is 14.1.